The Morgan fingerprint density at radius 3 is 2.58 bits per heavy atom. The number of fused-ring (bicyclic) bond motifs is 1. The summed E-state index contributed by atoms with van der Waals surface area (Å²) in [5, 5.41) is 2.95. The zero-order valence-corrected chi connectivity index (χ0v) is 19.1. The Morgan fingerprint density at radius 2 is 1.91 bits per heavy atom. The van der Waals surface area contributed by atoms with Gasteiger partial charge in [0, 0.05) is 31.3 Å². The lowest BCUT2D eigenvalue weighted by molar-refractivity contribution is -0.137. The lowest BCUT2D eigenvalue weighted by Crippen LogP contribution is -2.36. The second-order valence-electron chi connectivity index (χ2n) is 7.36. The number of alkyl halides is 3. The van der Waals surface area contributed by atoms with Gasteiger partial charge in [-0.2, -0.15) is 17.5 Å². The van der Waals surface area contributed by atoms with Gasteiger partial charge in [0.15, 0.2) is 4.21 Å². The van der Waals surface area contributed by atoms with Crippen LogP contribution in [0.3, 0.4) is 0 Å². The number of aromatic nitrogens is 3. The van der Waals surface area contributed by atoms with Crippen LogP contribution in [0.1, 0.15) is 37.9 Å². The molecule has 0 radical (unpaired) electrons. The molecule has 3 heterocycles. The van der Waals surface area contributed by atoms with E-state index in [1.165, 1.54) is 22.6 Å². The predicted molar refractivity (Wildman–Crippen MR) is 114 cm³/mol. The molecule has 0 atom stereocenters. The largest absolute Gasteiger partial charge is 0.417 e. The Labute approximate surface area is 191 Å². The van der Waals surface area contributed by atoms with Crippen LogP contribution in [0.4, 0.5) is 19.1 Å². The number of nitrogens with one attached hydrogen (secondary N) is 1. The minimum absolute atomic E-state index is 0.0409. The van der Waals surface area contributed by atoms with Gasteiger partial charge in [0.1, 0.15) is 0 Å². The molecule has 0 bridgehead atoms. The fraction of sp³-hybridized carbons (Fsp3) is 0.300. The van der Waals surface area contributed by atoms with E-state index in [0.29, 0.717) is 22.0 Å². The molecule has 1 aliphatic rings. The highest BCUT2D eigenvalue weighted by Crippen LogP contribution is 2.32. The first-order valence-corrected chi connectivity index (χ1v) is 12.0. The van der Waals surface area contributed by atoms with Gasteiger partial charge in [0.2, 0.25) is 5.95 Å². The number of carbonyl (C=O) groups is 1. The summed E-state index contributed by atoms with van der Waals surface area (Å²) in [5.74, 6) is -1.14. The molecule has 0 unspecified atom stereocenters. The predicted octanol–water partition coefficient (Wildman–Crippen LogP) is 3.57. The molecule has 0 saturated carbocycles. The van der Waals surface area contributed by atoms with Crippen molar-refractivity contribution >= 4 is 33.2 Å². The summed E-state index contributed by atoms with van der Waals surface area (Å²) in [4.78, 5) is 24.9. The van der Waals surface area contributed by atoms with Crippen LogP contribution >= 0.6 is 11.3 Å². The van der Waals surface area contributed by atoms with Gasteiger partial charge in [-0.05, 0) is 26.0 Å². The molecule has 13 heteroatoms. The Morgan fingerprint density at radius 1 is 1.18 bits per heavy atom. The smallest absolute Gasteiger partial charge is 0.290 e. The molecule has 1 aliphatic heterocycles. The van der Waals surface area contributed by atoms with Crippen molar-refractivity contribution in [3.05, 3.63) is 63.5 Å². The van der Waals surface area contributed by atoms with Crippen molar-refractivity contribution in [2.75, 3.05) is 11.9 Å². The maximum Gasteiger partial charge on any atom is 0.417 e. The molecular formula is C20H18F3N5O3S2. The van der Waals surface area contributed by atoms with E-state index in [1.807, 2.05) is 0 Å². The van der Waals surface area contributed by atoms with E-state index in [2.05, 4.69) is 20.3 Å². The molecule has 8 nitrogen and oxygen atoms in total. The molecular weight excluding hydrogens is 479 g/mol. The van der Waals surface area contributed by atoms with Gasteiger partial charge in [0.05, 0.1) is 27.5 Å². The zero-order valence-electron chi connectivity index (χ0n) is 17.5. The molecule has 0 aliphatic carbocycles. The van der Waals surface area contributed by atoms with Crippen LogP contribution in [0.25, 0.3) is 0 Å². The average molecular weight is 498 g/mol. The number of carbonyl (C=O) groups excluding carboxylic acids is 1. The van der Waals surface area contributed by atoms with Crippen LogP contribution < -0.4 is 5.32 Å². The van der Waals surface area contributed by atoms with Gasteiger partial charge in [-0.3, -0.25) is 10.1 Å². The molecule has 0 fully saturated rings. The number of rotatable bonds is 4. The van der Waals surface area contributed by atoms with Crippen molar-refractivity contribution in [2.45, 2.75) is 37.2 Å². The van der Waals surface area contributed by atoms with Gasteiger partial charge in [-0.1, -0.05) is 12.1 Å². The van der Waals surface area contributed by atoms with E-state index in [1.54, 1.807) is 13.8 Å². The first-order valence-electron chi connectivity index (χ1n) is 9.73. The molecule has 33 heavy (non-hydrogen) atoms. The summed E-state index contributed by atoms with van der Waals surface area (Å²) in [5.41, 5.74) is -0.0871. The Balaban J connectivity index is 1.54. The third-order valence-corrected chi connectivity index (χ3v) is 8.54. The van der Waals surface area contributed by atoms with E-state index < -0.39 is 33.2 Å². The van der Waals surface area contributed by atoms with E-state index >= 15 is 0 Å². The molecule has 4 rings (SSSR count). The van der Waals surface area contributed by atoms with E-state index in [4.69, 9.17) is 0 Å². The number of thiazole rings is 1. The third kappa shape index (κ3) is 4.61. The number of anilines is 1. The van der Waals surface area contributed by atoms with Gasteiger partial charge in [0.25, 0.3) is 15.9 Å². The van der Waals surface area contributed by atoms with Crippen molar-refractivity contribution in [2.24, 2.45) is 0 Å². The maximum atomic E-state index is 13.2. The van der Waals surface area contributed by atoms with Crippen molar-refractivity contribution in [3.63, 3.8) is 0 Å². The fourth-order valence-corrected chi connectivity index (χ4v) is 6.56. The average Bonchev–Trinajstić information content (AvgIpc) is 3.11. The molecule has 1 amide bonds. The Bertz CT molecular complexity index is 1340. The van der Waals surface area contributed by atoms with Crippen LogP contribution in [-0.4, -0.2) is 40.1 Å². The molecule has 2 aromatic heterocycles. The highest BCUT2D eigenvalue weighted by molar-refractivity contribution is 7.91. The Hall–Kier alpha value is -2.90. The molecule has 3 aromatic rings. The highest BCUT2D eigenvalue weighted by Gasteiger charge is 2.35. The first kappa shape index (κ1) is 23.3. The highest BCUT2D eigenvalue weighted by atomic mass is 32.2. The lowest BCUT2D eigenvalue weighted by Gasteiger charge is -2.27. The van der Waals surface area contributed by atoms with Crippen LogP contribution in [0.15, 0.2) is 34.7 Å². The van der Waals surface area contributed by atoms with Gasteiger partial charge < -0.3 is 0 Å². The number of nitrogens with zero attached hydrogens (tertiary/aromatic N) is 4. The topological polar surface area (TPSA) is 105 Å². The van der Waals surface area contributed by atoms with Crippen LogP contribution in [0.2, 0.25) is 0 Å². The maximum absolute atomic E-state index is 13.2. The summed E-state index contributed by atoms with van der Waals surface area (Å²) in [6.45, 7) is 3.58. The minimum Gasteiger partial charge on any atom is -0.290 e. The monoisotopic (exact) mass is 497 g/mol. The summed E-state index contributed by atoms with van der Waals surface area (Å²) in [7, 11) is -3.74. The molecule has 1 aromatic carbocycles. The normalized spacial score (nSPS) is 14.7. The van der Waals surface area contributed by atoms with Crippen molar-refractivity contribution in [1.82, 2.24) is 19.3 Å². The van der Waals surface area contributed by atoms with Crippen LogP contribution in [-0.2, 0) is 29.2 Å². The van der Waals surface area contributed by atoms with Crippen LogP contribution in [0, 0.1) is 13.8 Å². The molecule has 174 valence electrons. The number of benzene rings is 1. The summed E-state index contributed by atoms with van der Waals surface area (Å²) in [6, 6.07) is 4.43. The molecule has 0 saturated heterocycles. The standard InChI is InChI=1S/C20H18F3N5O3S2/c1-11-18(32-12(2)25-11)33(30,31)28-8-7-16-13(10-28)9-24-19(26-16)27-17(29)14-5-3-4-6-15(14)20(21,22)23/h3-6,9H,7-8,10H2,1-2H3,(H,24,26,27,29). The SMILES string of the molecule is Cc1nc(C)c(S(=O)(=O)N2CCc3nc(NC(=O)c4ccccc4C(F)(F)F)ncc3C2)s1. The lowest BCUT2D eigenvalue weighted by atomic mass is 10.1. The third-order valence-electron chi connectivity index (χ3n) is 5.04. The summed E-state index contributed by atoms with van der Waals surface area (Å²) in [6.07, 6.45) is -3.05. The fourth-order valence-electron chi connectivity index (χ4n) is 3.52. The van der Waals surface area contributed by atoms with Gasteiger partial charge in [-0.25, -0.2) is 23.4 Å². The van der Waals surface area contributed by atoms with E-state index in [0.717, 1.165) is 23.5 Å². The number of aryl methyl sites for hydroxylation is 2. The quantitative estimate of drug-likeness (QED) is 0.591. The second-order valence-corrected chi connectivity index (χ2v) is 10.7. The number of sulfonamides is 1. The second kappa shape index (κ2) is 8.47. The number of amides is 1. The Kier molecular flexibility index (Phi) is 5.97. The van der Waals surface area contributed by atoms with Gasteiger partial charge >= 0.3 is 6.18 Å². The van der Waals surface area contributed by atoms with Crippen molar-refractivity contribution < 1.29 is 26.4 Å². The summed E-state index contributed by atoms with van der Waals surface area (Å²) < 4.78 is 67.1. The van der Waals surface area contributed by atoms with Gasteiger partial charge in [-0.15, -0.1) is 11.3 Å². The van der Waals surface area contributed by atoms with E-state index in [9.17, 15) is 26.4 Å². The van der Waals surface area contributed by atoms with Crippen LogP contribution in [0.5, 0.6) is 0 Å². The number of halogens is 3. The number of hydrogen-bond acceptors (Lipinski definition) is 7. The van der Waals surface area contributed by atoms with E-state index in [-0.39, 0.29) is 29.7 Å². The number of hydrogen-bond donors (Lipinski definition) is 1. The minimum atomic E-state index is -4.69. The summed E-state index contributed by atoms with van der Waals surface area (Å²) >= 11 is 1.11. The zero-order chi connectivity index (χ0) is 24.0. The van der Waals surface area contributed by atoms with Crippen molar-refractivity contribution in [1.29, 1.82) is 0 Å². The molecule has 1 N–H and O–H groups in total. The van der Waals surface area contributed by atoms with Crippen molar-refractivity contribution in [3.8, 4) is 0 Å². The molecule has 0 spiro atoms. The first-order chi connectivity index (χ1) is 15.5.